The Bertz CT molecular complexity index is 154. The predicted octanol–water partition coefficient (Wildman–Crippen LogP) is 2.40. The van der Waals surface area contributed by atoms with Gasteiger partial charge in [0.15, 0.2) is 0 Å². The summed E-state index contributed by atoms with van der Waals surface area (Å²) in [6, 6.07) is 0. The van der Waals surface area contributed by atoms with Crippen molar-refractivity contribution in [3.63, 3.8) is 0 Å². The molecule has 78 valence electrons. The first-order chi connectivity index (χ1) is 6.02. The first-order valence-electron chi connectivity index (χ1n) is 5.23. The molecule has 0 unspecified atom stereocenters. The summed E-state index contributed by atoms with van der Waals surface area (Å²) in [7, 11) is 0. The van der Waals surface area contributed by atoms with Gasteiger partial charge in [0.1, 0.15) is 5.78 Å². The molecule has 0 aromatic heterocycles. The summed E-state index contributed by atoms with van der Waals surface area (Å²) in [6.45, 7) is 7.81. The molecule has 0 fully saturated rings. The van der Waals surface area contributed by atoms with Gasteiger partial charge in [-0.3, -0.25) is 4.79 Å². The minimum Gasteiger partial charge on any atom is -0.393 e. The van der Waals surface area contributed by atoms with Gasteiger partial charge < -0.3 is 5.11 Å². The number of rotatable bonds is 6. The fraction of sp³-hybridized carbons (Fsp3) is 0.909. The van der Waals surface area contributed by atoms with Crippen LogP contribution in [0.2, 0.25) is 0 Å². The summed E-state index contributed by atoms with van der Waals surface area (Å²) in [5, 5.41) is 9.52. The largest absolute Gasteiger partial charge is 0.393 e. The topological polar surface area (TPSA) is 37.3 Å². The Labute approximate surface area is 81.3 Å². The molecule has 2 heteroatoms. The second-order valence-electron chi connectivity index (χ2n) is 3.91. The van der Waals surface area contributed by atoms with Crippen LogP contribution in [0.3, 0.4) is 0 Å². The van der Waals surface area contributed by atoms with Crippen molar-refractivity contribution in [3.8, 4) is 0 Å². The molecule has 0 aliphatic heterocycles. The van der Waals surface area contributed by atoms with E-state index in [1.807, 2.05) is 27.7 Å². The molecule has 3 atom stereocenters. The third kappa shape index (κ3) is 4.41. The van der Waals surface area contributed by atoms with Crippen molar-refractivity contribution >= 4 is 5.78 Å². The molecule has 0 aliphatic carbocycles. The van der Waals surface area contributed by atoms with Crippen LogP contribution in [0, 0.1) is 11.8 Å². The Kier molecular flexibility index (Phi) is 5.97. The maximum Gasteiger partial charge on any atom is 0.135 e. The fourth-order valence-corrected chi connectivity index (χ4v) is 1.60. The number of aliphatic hydroxyl groups is 1. The maximum absolute atomic E-state index is 11.3. The van der Waals surface area contributed by atoms with Crippen LogP contribution in [-0.4, -0.2) is 17.0 Å². The molecule has 0 spiro atoms. The number of hydrogen-bond donors (Lipinski definition) is 1. The zero-order valence-electron chi connectivity index (χ0n) is 9.21. The van der Waals surface area contributed by atoms with Crippen molar-refractivity contribution in [2.75, 3.05) is 0 Å². The first kappa shape index (κ1) is 12.6. The molecule has 0 saturated heterocycles. The van der Waals surface area contributed by atoms with Crippen molar-refractivity contribution in [3.05, 3.63) is 0 Å². The van der Waals surface area contributed by atoms with Crippen molar-refractivity contribution < 1.29 is 9.90 Å². The van der Waals surface area contributed by atoms with Gasteiger partial charge in [0.25, 0.3) is 0 Å². The van der Waals surface area contributed by atoms with E-state index in [9.17, 15) is 9.90 Å². The SMILES string of the molecule is CCC(=O)[C@H](C)C[C@@H](C)[C@@H](O)CC. The van der Waals surface area contributed by atoms with E-state index in [2.05, 4.69) is 0 Å². The Morgan fingerprint density at radius 2 is 1.85 bits per heavy atom. The monoisotopic (exact) mass is 186 g/mol. The van der Waals surface area contributed by atoms with Gasteiger partial charge in [-0.1, -0.05) is 27.7 Å². The van der Waals surface area contributed by atoms with Crippen LogP contribution in [-0.2, 0) is 4.79 Å². The normalized spacial score (nSPS) is 17.9. The van der Waals surface area contributed by atoms with Gasteiger partial charge in [-0.15, -0.1) is 0 Å². The Hall–Kier alpha value is -0.370. The number of ketones is 1. The van der Waals surface area contributed by atoms with Gasteiger partial charge >= 0.3 is 0 Å². The highest BCUT2D eigenvalue weighted by molar-refractivity contribution is 5.80. The summed E-state index contributed by atoms with van der Waals surface area (Å²) in [5.74, 6) is 0.631. The zero-order valence-corrected chi connectivity index (χ0v) is 9.21. The quantitative estimate of drug-likeness (QED) is 0.691. The van der Waals surface area contributed by atoms with E-state index in [1.54, 1.807) is 0 Å². The number of hydrogen-bond acceptors (Lipinski definition) is 2. The molecule has 13 heavy (non-hydrogen) atoms. The lowest BCUT2D eigenvalue weighted by atomic mass is 9.89. The van der Waals surface area contributed by atoms with Gasteiger partial charge in [-0.2, -0.15) is 0 Å². The van der Waals surface area contributed by atoms with E-state index in [-0.39, 0.29) is 17.9 Å². The molecule has 0 radical (unpaired) electrons. The number of carbonyl (C=O) groups excluding carboxylic acids is 1. The van der Waals surface area contributed by atoms with E-state index in [0.29, 0.717) is 12.2 Å². The van der Waals surface area contributed by atoms with Gasteiger partial charge in [0.05, 0.1) is 6.10 Å². The highest BCUT2D eigenvalue weighted by Gasteiger charge is 2.18. The summed E-state index contributed by atoms with van der Waals surface area (Å²) >= 11 is 0. The van der Waals surface area contributed by atoms with Crippen LogP contribution in [0.1, 0.15) is 47.0 Å². The van der Waals surface area contributed by atoms with Crippen LogP contribution >= 0.6 is 0 Å². The molecule has 0 saturated carbocycles. The molecule has 1 N–H and O–H groups in total. The standard InChI is InChI=1S/C11H22O2/c1-5-10(12)8(3)7-9(4)11(13)6-2/h8-10,12H,5-7H2,1-4H3/t8-,9-,10+/m1/s1. The Balaban J connectivity index is 3.90. The van der Waals surface area contributed by atoms with Gasteiger partial charge in [0.2, 0.25) is 0 Å². The summed E-state index contributed by atoms with van der Waals surface area (Å²) in [6.07, 6.45) is 1.93. The minimum atomic E-state index is -0.257. The van der Waals surface area contributed by atoms with E-state index in [1.165, 1.54) is 0 Å². The molecule has 0 amide bonds. The molecule has 2 nitrogen and oxygen atoms in total. The molecule has 0 aliphatic rings. The fourth-order valence-electron chi connectivity index (χ4n) is 1.60. The summed E-state index contributed by atoms with van der Waals surface area (Å²) < 4.78 is 0. The van der Waals surface area contributed by atoms with Gasteiger partial charge in [-0.05, 0) is 18.8 Å². The van der Waals surface area contributed by atoms with E-state index < -0.39 is 0 Å². The second kappa shape index (κ2) is 6.14. The summed E-state index contributed by atoms with van der Waals surface area (Å²) in [4.78, 5) is 11.3. The van der Waals surface area contributed by atoms with Crippen LogP contribution in [0.5, 0.6) is 0 Å². The van der Waals surface area contributed by atoms with Gasteiger partial charge in [-0.25, -0.2) is 0 Å². The molecule has 0 aromatic carbocycles. The third-order valence-corrected chi connectivity index (χ3v) is 2.70. The van der Waals surface area contributed by atoms with Crippen LogP contribution < -0.4 is 0 Å². The maximum atomic E-state index is 11.3. The first-order valence-corrected chi connectivity index (χ1v) is 5.23. The van der Waals surface area contributed by atoms with Crippen LogP contribution in [0.25, 0.3) is 0 Å². The van der Waals surface area contributed by atoms with Gasteiger partial charge in [0, 0.05) is 12.3 Å². The molecular weight excluding hydrogens is 164 g/mol. The van der Waals surface area contributed by atoms with E-state index in [0.717, 1.165) is 12.8 Å². The smallest absolute Gasteiger partial charge is 0.135 e. The predicted molar refractivity (Wildman–Crippen MR) is 54.5 cm³/mol. The van der Waals surface area contributed by atoms with Crippen LogP contribution in [0.4, 0.5) is 0 Å². The minimum absolute atomic E-state index is 0.0983. The van der Waals surface area contributed by atoms with Crippen LogP contribution in [0.15, 0.2) is 0 Å². The average Bonchev–Trinajstić information content (AvgIpc) is 2.14. The Morgan fingerprint density at radius 3 is 2.23 bits per heavy atom. The zero-order chi connectivity index (χ0) is 10.4. The molecule has 0 aromatic rings. The van der Waals surface area contributed by atoms with Crippen molar-refractivity contribution in [1.82, 2.24) is 0 Å². The average molecular weight is 186 g/mol. The van der Waals surface area contributed by atoms with E-state index >= 15 is 0 Å². The third-order valence-electron chi connectivity index (χ3n) is 2.70. The van der Waals surface area contributed by atoms with Crippen molar-refractivity contribution in [1.29, 1.82) is 0 Å². The second-order valence-corrected chi connectivity index (χ2v) is 3.91. The lowest BCUT2D eigenvalue weighted by Crippen LogP contribution is -2.22. The number of aliphatic hydroxyl groups excluding tert-OH is 1. The van der Waals surface area contributed by atoms with Crippen molar-refractivity contribution in [2.45, 2.75) is 53.1 Å². The highest BCUT2D eigenvalue weighted by atomic mass is 16.3. The number of Topliss-reactive ketones (excluding diaryl/α,β-unsaturated/α-hetero) is 1. The summed E-state index contributed by atoms with van der Waals surface area (Å²) in [5.41, 5.74) is 0. The Morgan fingerprint density at radius 1 is 1.31 bits per heavy atom. The number of carbonyl (C=O) groups is 1. The van der Waals surface area contributed by atoms with Crippen molar-refractivity contribution in [2.24, 2.45) is 11.8 Å². The van der Waals surface area contributed by atoms with E-state index in [4.69, 9.17) is 0 Å². The molecular formula is C11H22O2. The highest BCUT2D eigenvalue weighted by Crippen LogP contribution is 2.18. The lowest BCUT2D eigenvalue weighted by molar-refractivity contribution is -0.122. The molecule has 0 bridgehead atoms. The molecule has 0 rings (SSSR count). The molecule has 0 heterocycles. The lowest BCUT2D eigenvalue weighted by Gasteiger charge is -2.20.